The molecule has 2 rings (SSSR count). The topological polar surface area (TPSA) is 93.5 Å². The first kappa shape index (κ1) is 19.6. The predicted octanol–water partition coefficient (Wildman–Crippen LogP) is 3.06. The van der Waals surface area contributed by atoms with Crippen LogP contribution < -0.4 is 21.1 Å². The van der Waals surface area contributed by atoms with Gasteiger partial charge in [-0.3, -0.25) is 4.79 Å². The minimum Gasteiger partial charge on any atom is -0.406 e. The molecule has 1 unspecified atom stereocenters. The number of nitrogens with two attached hydrogens (primary N) is 1. The first-order chi connectivity index (χ1) is 12.2. The summed E-state index contributed by atoms with van der Waals surface area (Å²) in [6.45, 7) is 0.124. The monoisotopic (exact) mass is 387 g/mol. The van der Waals surface area contributed by atoms with E-state index in [1.54, 1.807) is 12.1 Å². The van der Waals surface area contributed by atoms with Crippen LogP contribution in [0.3, 0.4) is 0 Å². The van der Waals surface area contributed by atoms with E-state index in [9.17, 15) is 22.8 Å². The molecule has 4 N–H and O–H groups in total. The lowest BCUT2D eigenvalue weighted by Crippen LogP contribution is -2.36. The van der Waals surface area contributed by atoms with Crippen molar-refractivity contribution in [2.75, 3.05) is 0 Å². The fourth-order valence-electron chi connectivity index (χ4n) is 2.15. The molecule has 0 aliphatic rings. The molecular weight excluding hydrogens is 371 g/mol. The Hall–Kier alpha value is -2.75. The van der Waals surface area contributed by atoms with E-state index in [0.717, 1.165) is 17.0 Å². The van der Waals surface area contributed by atoms with Crippen LogP contribution in [0.5, 0.6) is 5.75 Å². The fourth-order valence-corrected chi connectivity index (χ4v) is 2.93. The van der Waals surface area contributed by atoms with Crippen LogP contribution in [-0.4, -0.2) is 18.3 Å². The number of carbonyl (C=O) groups is 2. The predicted molar refractivity (Wildman–Crippen MR) is 89.4 cm³/mol. The van der Waals surface area contributed by atoms with Gasteiger partial charge in [0.1, 0.15) is 5.75 Å². The Morgan fingerprint density at radius 1 is 1.19 bits per heavy atom. The molecule has 3 amide bonds. The number of urea groups is 1. The number of ether oxygens (including phenoxy) is 1. The van der Waals surface area contributed by atoms with Gasteiger partial charge in [-0.1, -0.05) is 18.2 Å². The Labute approximate surface area is 151 Å². The van der Waals surface area contributed by atoms with Gasteiger partial charge in [0, 0.05) is 11.4 Å². The summed E-state index contributed by atoms with van der Waals surface area (Å²) in [4.78, 5) is 24.0. The van der Waals surface area contributed by atoms with Crippen LogP contribution in [0.2, 0.25) is 0 Å². The molecule has 140 valence electrons. The zero-order chi connectivity index (χ0) is 19.2. The molecular formula is C16H16F3N3O3S. The number of alkyl halides is 3. The van der Waals surface area contributed by atoms with Crippen molar-refractivity contribution in [2.24, 2.45) is 5.73 Å². The van der Waals surface area contributed by atoms with Gasteiger partial charge in [-0.05, 0) is 29.1 Å². The molecule has 0 aliphatic heterocycles. The van der Waals surface area contributed by atoms with Crippen molar-refractivity contribution in [2.45, 2.75) is 25.4 Å². The van der Waals surface area contributed by atoms with Gasteiger partial charge in [-0.2, -0.15) is 0 Å². The summed E-state index contributed by atoms with van der Waals surface area (Å²) in [5.41, 5.74) is 5.73. The van der Waals surface area contributed by atoms with Crippen molar-refractivity contribution < 1.29 is 27.5 Å². The third-order valence-corrected chi connectivity index (χ3v) is 4.23. The Bertz CT molecular complexity index is 733. The van der Waals surface area contributed by atoms with Crippen LogP contribution in [0.1, 0.15) is 22.9 Å². The molecule has 26 heavy (non-hydrogen) atoms. The molecule has 0 saturated carbocycles. The smallest absolute Gasteiger partial charge is 0.406 e. The van der Waals surface area contributed by atoms with Crippen molar-refractivity contribution in [3.05, 3.63) is 52.2 Å². The van der Waals surface area contributed by atoms with Gasteiger partial charge >= 0.3 is 12.4 Å². The average Bonchev–Trinajstić information content (AvgIpc) is 3.06. The highest BCUT2D eigenvalue weighted by atomic mass is 32.1. The van der Waals surface area contributed by atoms with Crippen molar-refractivity contribution in [1.82, 2.24) is 10.6 Å². The van der Waals surface area contributed by atoms with Crippen molar-refractivity contribution in [1.29, 1.82) is 0 Å². The van der Waals surface area contributed by atoms with Crippen molar-refractivity contribution in [3.8, 4) is 5.75 Å². The maximum atomic E-state index is 12.1. The van der Waals surface area contributed by atoms with Gasteiger partial charge in [0.05, 0.1) is 12.5 Å². The number of nitrogens with one attached hydrogen (secondary N) is 2. The second kappa shape index (κ2) is 8.56. The summed E-state index contributed by atoms with van der Waals surface area (Å²) in [6.07, 6.45) is -4.77. The Balaban J connectivity index is 1.88. The Morgan fingerprint density at radius 3 is 2.42 bits per heavy atom. The van der Waals surface area contributed by atoms with Gasteiger partial charge in [0.25, 0.3) is 0 Å². The fraction of sp³-hybridized carbons (Fsp3) is 0.250. The molecule has 0 aliphatic carbocycles. The third kappa shape index (κ3) is 6.63. The second-order valence-electron chi connectivity index (χ2n) is 5.25. The van der Waals surface area contributed by atoms with Crippen molar-refractivity contribution >= 4 is 23.3 Å². The number of primary amides is 1. The Morgan fingerprint density at radius 2 is 1.88 bits per heavy atom. The zero-order valence-electron chi connectivity index (χ0n) is 13.4. The van der Waals surface area contributed by atoms with Gasteiger partial charge < -0.3 is 21.1 Å². The maximum Gasteiger partial charge on any atom is 0.573 e. The summed E-state index contributed by atoms with van der Waals surface area (Å²) in [5, 5.41) is 6.96. The number of hydrogen-bond acceptors (Lipinski definition) is 4. The van der Waals surface area contributed by atoms with E-state index in [1.165, 1.54) is 23.5 Å². The number of rotatable bonds is 7. The quantitative estimate of drug-likeness (QED) is 0.682. The molecule has 0 bridgehead atoms. The van der Waals surface area contributed by atoms with Crippen LogP contribution in [0.25, 0.3) is 0 Å². The number of amides is 3. The zero-order valence-corrected chi connectivity index (χ0v) is 14.2. The summed E-state index contributed by atoms with van der Waals surface area (Å²) >= 11 is 1.38. The van der Waals surface area contributed by atoms with E-state index in [4.69, 9.17) is 5.73 Å². The summed E-state index contributed by atoms with van der Waals surface area (Å²) < 4.78 is 40.1. The average molecular weight is 387 g/mol. The van der Waals surface area contributed by atoms with Gasteiger partial charge in [0.15, 0.2) is 0 Å². The lowest BCUT2D eigenvalue weighted by Gasteiger charge is -2.16. The van der Waals surface area contributed by atoms with Crippen LogP contribution in [-0.2, 0) is 11.3 Å². The molecule has 2 aromatic rings. The van der Waals surface area contributed by atoms with Crippen LogP contribution in [0.4, 0.5) is 18.0 Å². The van der Waals surface area contributed by atoms with E-state index in [1.807, 2.05) is 5.38 Å². The number of thiophene rings is 1. The van der Waals surface area contributed by atoms with Gasteiger partial charge in [-0.25, -0.2) is 4.79 Å². The first-order valence-electron chi connectivity index (χ1n) is 7.43. The molecule has 0 radical (unpaired) electrons. The van der Waals surface area contributed by atoms with Crippen molar-refractivity contribution in [3.63, 3.8) is 0 Å². The molecule has 10 heteroatoms. The number of halogens is 3. The number of carbonyl (C=O) groups excluding carboxylic acids is 2. The molecule has 0 saturated heterocycles. The van der Waals surface area contributed by atoms with Gasteiger partial charge in [-0.15, -0.1) is 24.5 Å². The normalized spacial score (nSPS) is 12.3. The van der Waals surface area contributed by atoms with E-state index < -0.39 is 18.4 Å². The van der Waals surface area contributed by atoms with E-state index in [0.29, 0.717) is 5.56 Å². The number of hydrogen-bond donors (Lipinski definition) is 3. The maximum absolute atomic E-state index is 12.1. The van der Waals surface area contributed by atoms with Crippen LogP contribution >= 0.6 is 11.3 Å². The molecule has 6 nitrogen and oxygen atoms in total. The lowest BCUT2D eigenvalue weighted by atomic mass is 10.1. The van der Waals surface area contributed by atoms with E-state index in [-0.39, 0.29) is 24.6 Å². The van der Waals surface area contributed by atoms with Crippen LogP contribution in [0.15, 0.2) is 41.8 Å². The molecule has 1 atom stereocenters. The number of benzene rings is 1. The molecule has 1 aromatic carbocycles. The highest BCUT2D eigenvalue weighted by molar-refractivity contribution is 7.10. The lowest BCUT2D eigenvalue weighted by molar-refractivity contribution is -0.274. The summed E-state index contributed by atoms with van der Waals surface area (Å²) in [6, 6.07) is 7.44. The Kier molecular flexibility index (Phi) is 6.45. The molecule has 1 aromatic heterocycles. The van der Waals surface area contributed by atoms with Crippen LogP contribution in [0, 0.1) is 0 Å². The third-order valence-electron chi connectivity index (χ3n) is 3.24. The minimum atomic E-state index is -4.75. The summed E-state index contributed by atoms with van der Waals surface area (Å²) in [5.74, 6) is -0.677. The van der Waals surface area contributed by atoms with Gasteiger partial charge in [0.2, 0.25) is 5.91 Å². The second-order valence-corrected chi connectivity index (χ2v) is 6.23. The minimum absolute atomic E-state index is 0.0152. The highest BCUT2D eigenvalue weighted by Gasteiger charge is 2.30. The highest BCUT2D eigenvalue weighted by Crippen LogP contribution is 2.23. The standard InChI is InChI=1S/C16H16F3N3O3S/c17-16(18,19)25-11-5-3-10(4-6-11)9-21-14(23)8-12(22-15(20)24)13-2-1-7-26-13/h1-7,12H,8-9H2,(H,21,23)(H3,20,22,24). The largest absolute Gasteiger partial charge is 0.573 e. The molecule has 1 heterocycles. The van der Waals surface area contributed by atoms with E-state index >= 15 is 0 Å². The molecule has 0 spiro atoms. The first-order valence-corrected chi connectivity index (χ1v) is 8.31. The SMILES string of the molecule is NC(=O)NC(CC(=O)NCc1ccc(OC(F)(F)F)cc1)c1cccs1. The summed E-state index contributed by atoms with van der Waals surface area (Å²) in [7, 11) is 0. The molecule has 0 fully saturated rings. The van der Waals surface area contributed by atoms with E-state index in [2.05, 4.69) is 15.4 Å².